The quantitative estimate of drug-likeness (QED) is 0.844. The number of nitrogens with zero attached hydrogens (tertiary/aromatic N) is 1. The van der Waals surface area contributed by atoms with E-state index in [9.17, 15) is 4.79 Å². The molecule has 1 aliphatic carbocycles. The monoisotopic (exact) mass is 224 g/mol. The summed E-state index contributed by atoms with van der Waals surface area (Å²) in [6, 6.07) is 2.11. The molecule has 15 heavy (non-hydrogen) atoms. The molecule has 0 bridgehead atoms. The van der Waals surface area contributed by atoms with Crippen molar-refractivity contribution in [3.05, 3.63) is 22.4 Å². The zero-order chi connectivity index (χ0) is 10.8. The highest BCUT2D eigenvalue weighted by Crippen LogP contribution is 2.29. The van der Waals surface area contributed by atoms with Crippen molar-refractivity contribution in [1.82, 2.24) is 4.90 Å². The fraction of sp³-hybridized carbons (Fsp3) is 0.545. The number of hydrogen-bond acceptors (Lipinski definition) is 3. The fourth-order valence-electron chi connectivity index (χ4n) is 1.61. The van der Waals surface area contributed by atoms with Crippen LogP contribution in [0.15, 0.2) is 16.8 Å². The third kappa shape index (κ3) is 2.58. The highest BCUT2D eigenvalue weighted by molar-refractivity contribution is 7.07. The van der Waals surface area contributed by atoms with E-state index >= 15 is 0 Å². The Morgan fingerprint density at radius 1 is 1.73 bits per heavy atom. The van der Waals surface area contributed by atoms with Crippen LogP contribution in [0.2, 0.25) is 0 Å². The average molecular weight is 224 g/mol. The maximum atomic E-state index is 11.9. The number of hydrogen-bond donors (Lipinski definition) is 1. The van der Waals surface area contributed by atoms with E-state index in [2.05, 4.69) is 11.4 Å². The van der Waals surface area contributed by atoms with Crippen molar-refractivity contribution in [1.29, 1.82) is 0 Å². The van der Waals surface area contributed by atoms with Crippen molar-refractivity contribution in [3.8, 4) is 0 Å². The Balaban J connectivity index is 2.03. The van der Waals surface area contributed by atoms with E-state index < -0.39 is 0 Å². The molecule has 0 aromatic carbocycles. The molecule has 3 nitrogen and oxygen atoms in total. The van der Waals surface area contributed by atoms with Crippen LogP contribution in [0, 0.1) is 0 Å². The number of thiophene rings is 1. The van der Waals surface area contributed by atoms with Crippen molar-refractivity contribution < 1.29 is 4.79 Å². The number of rotatable bonds is 4. The predicted octanol–water partition coefficient (Wildman–Crippen LogP) is 1.59. The van der Waals surface area contributed by atoms with Crippen LogP contribution in [0.5, 0.6) is 0 Å². The van der Waals surface area contributed by atoms with Crippen LogP contribution >= 0.6 is 11.3 Å². The van der Waals surface area contributed by atoms with Gasteiger partial charge in [-0.2, -0.15) is 11.3 Å². The van der Waals surface area contributed by atoms with Crippen LogP contribution in [-0.2, 0) is 11.3 Å². The van der Waals surface area contributed by atoms with Gasteiger partial charge in [0, 0.05) is 12.6 Å². The topological polar surface area (TPSA) is 46.3 Å². The van der Waals surface area contributed by atoms with Crippen LogP contribution in [0.3, 0.4) is 0 Å². The molecule has 82 valence electrons. The van der Waals surface area contributed by atoms with E-state index in [0.29, 0.717) is 12.6 Å². The summed E-state index contributed by atoms with van der Waals surface area (Å²) < 4.78 is 0. The van der Waals surface area contributed by atoms with Gasteiger partial charge < -0.3 is 10.6 Å². The smallest absolute Gasteiger partial charge is 0.239 e. The van der Waals surface area contributed by atoms with E-state index in [4.69, 9.17) is 5.73 Å². The number of carbonyl (C=O) groups excluding carboxylic acids is 1. The molecular weight excluding hydrogens is 208 g/mol. The van der Waals surface area contributed by atoms with E-state index in [0.717, 1.165) is 12.8 Å². The van der Waals surface area contributed by atoms with Crippen molar-refractivity contribution in [2.24, 2.45) is 5.73 Å². The Morgan fingerprint density at radius 3 is 2.93 bits per heavy atom. The molecule has 1 atom stereocenters. The summed E-state index contributed by atoms with van der Waals surface area (Å²) in [6.07, 6.45) is 2.26. The minimum Gasteiger partial charge on any atom is -0.334 e. The summed E-state index contributed by atoms with van der Waals surface area (Å²) >= 11 is 1.66. The van der Waals surface area contributed by atoms with Crippen molar-refractivity contribution in [2.75, 3.05) is 0 Å². The molecule has 1 fully saturated rings. The first-order chi connectivity index (χ1) is 7.18. The first kappa shape index (κ1) is 10.6. The molecule has 4 heteroatoms. The second kappa shape index (κ2) is 4.33. The molecule has 0 spiro atoms. The van der Waals surface area contributed by atoms with Crippen LogP contribution in [0.1, 0.15) is 25.3 Å². The van der Waals surface area contributed by atoms with Gasteiger partial charge in [-0.3, -0.25) is 4.79 Å². The van der Waals surface area contributed by atoms with Gasteiger partial charge >= 0.3 is 0 Å². The lowest BCUT2D eigenvalue weighted by Gasteiger charge is -2.23. The van der Waals surface area contributed by atoms with Gasteiger partial charge in [0.05, 0.1) is 6.04 Å². The summed E-state index contributed by atoms with van der Waals surface area (Å²) in [7, 11) is 0. The molecule has 1 aromatic rings. The molecular formula is C11H16N2OS. The number of amides is 1. The molecule has 2 rings (SSSR count). The SMILES string of the molecule is CC(N)C(=O)N(Cc1ccsc1)C1CC1. The van der Waals surface area contributed by atoms with E-state index in [1.54, 1.807) is 18.3 Å². The molecule has 1 unspecified atom stereocenters. The minimum atomic E-state index is -0.385. The second-order valence-corrected chi connectivity index (χ2v) is 4.90. The summed E-state index contributed by atoms with van der Waals surface area (Å²) in [5.74, 6) is 0.0729. The van der Waals surface area contributed by atoms with Gasteiger partial charge in [-0.05, 0) is 42.2 Å². The summed E-state index contributed by atoms with van der Waals surface area (Å²) in [5.41, 5.74) is 6.85. The lowest BCUT2D eigenvalue weighted by molar-refractivity contribution is -0.133. The fourth-order valence-corrected chi connectivity index (χ4v) is 2.27. The average Bonchev–Trinajstić information content (AvgIpc) is 2.92. The third-order valence-electron chi connectivity index (χ3n) is 2.59. The molecule has 0 aliphatic heterocycles. The predicted molar refractivity (Wildman–Crippen MR) is 61.5 cm³/mol. The van der Waals surface area contributed by atoms with Crippen LogP contribution in [0.25, 0.3) is 0 Å². The van der Waals surface area contributed by atoms with Crippen LogP contribution in [-0.4, -0.2) is 22.9 Å². The van der Waals surface area contributed by atoms with E-state index in [1.165, 1.54) is 5.56 Å². The normalized spacial score (nSPS) is 17.5. The van der Waals surface area contributed by atoms with Gasteiger partial charge in [0.15, 0.2) is 0 Å². The molecule has 1 amide bonds. The summed E-state index contributed by atoms with van der Waals surface area (Å²) in [6.45, 7) is 2.47. The molecule has 1 heterocycles. The molecule has 1 aromatic heterocycles. The lowest BCUT2D eigenvalue weighted by atomic mass is 10.2. The van der Waals surface area contributed by atoms with Crippen LogP contribution < -0.4 is 5.73 Å². The second-order valence-electron chi connectivity index (χ2n) is 4.12. The number of carbonyl (C=O) groups is 1. The zero-order valence-corrected chi connectivity index (χ0v) is 9.67. The van der Waals surface area contributed by atoms with Gasteiger partial charge in [-0.1, -0.05) is 0 Å². The minimum absolute atomic E-state index is 0.0729. The Morgan fingerprint density at radius 2 is 2.47 bits per heavy atom. The summed E-state index contributed by atoms with van der Waals surface area (Å²) in [4.78, 5) is 13.8. The Kier molecular flexibility index (Phi) is 3.07. The molecule has 1 saturated carbocycles. The van der Waals surface area contributed by atoms with Crippen molar-refractivity contribution in [3.63, 3.8) is 0 Å². The largest absolute Gasteiger partial charge is 0.334 e. The summed E-state index contributed by atoms with van der Waals surface area (Å²) in [5, 5.41) is 4.13. The highest BCUT2D eigenvalue weighted by atomic mass is 32.1. The van der Waals surface area contributed by atoms with Gasteiger partial charge in [0.2, 0.25) is 5.91 Å². The third-order valence-corrected chi connectivity index (χ3v) is 3.33. The van der Waals surface area contributed by atoms with Gasteiger partial charge in [0.1, 0.15) is 0 Å². The van der Waals surface area contributed by atoms with Crippen molar-refractivity contribution >= 4 is 17.2 Å². The first-order valence-electron chi connectivity index (χ1n) is 5.25. The Bertz CT molecular complexity index is 330. The van der Waals surface area contributed by atoms with Gasteiger partial charge in [-0.15, -0.1) is 0 Å². The van der Waals surface area contributed by atoms with E-state index in [-0.39, 0.29) is 11.9 Å². The number of nitrogens with two attached hydrogens (primary N) is 1. The first-order valence-corrected chi connectivity index (χ1v) is 6.20. The zero-order valence-electron chi connectivity index (χ0n) is 8.85. The molecule has 0 saturated heterocycles. The molecule has 0 radical (unpaired) electrons. The van der Waals surface area contributed by atoms with Crippen molar-refractivity contribution in [2.45, 2.75) is 38.4 Å². The van der Waals surface area contributed by atoms with Gasteiger partial charge in [-0.25, -0.2) is 0 Å². The highest BCUT2D eigenvalue weighted by Gasteiger charge is 2.33. The molecule has 2 N–H and O–H groups in total. The Labute approximate surface area is 93.9 Å². The maximum absolute atomic E-state index is 11.9. The van der Waals surface area contributed by atoms with E-state index in [1.807, 2.05) is 10.3 Å². The van der Waals surface area contributed by atoms with Gasteiger partial charge in [0.25, 0.3) is 0 Å². The Hall–Kier alpha value is -0.870. The molecule has 1 aliphatic rings. The van der Waals surface area contributed by atoms with Crippen LogP contribution in [0.4, 0.5) is 0 Å². The maximum Gasteiger partial charge on any atom is 0.239 e. The standard InChI is InChI=1S/C11H16N2OS/c1-8(12)11(14)13(10-2-3-10)6-9-4-5-15-7-9/h4-5,7-8,10H,2-3,6,12H2,1H3. The lowest BCUT2D eigenvalue weighted by Crippen LogP contribution is -2.42.